The molecule has 3 aromatic rings. The summed E-state index contributed by atoms with van der Waals surface area (Å²) >= 11 is 0. The summed E-state index contributed by atoms with van der Waals surface area (Å²) in [5, 5.41) is 3.42. The van der Waals surface area contributed by atoms with Crippen LogP contribution in [0.1, 0.15) is 5.56 Å². The van der Waals surface area contributed by atoms with Crippen molar-refractivity contribution in [1.29, 1.82) is 0 Å². The van der Waals surface area contributed by atoms with E-state index in [2.05, 4.69) is 58.4 Å². The first kappa shape index (κ1) is 20.8. The molecule has 2 heterocycles. The van der Waals surface area contributed by atoms with Crippen LogP contribution < -0.4 is 24.8 Å². The largest absolute Gasteiger partial charge is 0.497 e. The van der Waals surface area contributed by atoms with Crippen LogP contribution in [0.4, 0.5) is 29.0 Å². The highest BCUT2D eigenvalue weighted by Gasteiger charge is 2.21. The summed E-state index contributed by atoms with van der Waals surface area (Å²) in [6, 6.07) is 18.5. The number of benzene rings is 2. The van der Waals surface area contributed by atoms with Crippen LogP contribution in [-0.2, 0) is 0 Å². The van der Waals surface area contributed by atoms with Gasteiger partial charge in [0.15, 0.2) is 0 Å². The third-order valence-electron chi connectivity index (χ3n) is 5.46. The molecule has 0 unspecified atom stereocenters. The quantitative estimate of drug-likeness (QED) is 0.651. The summed E-state index contributed by atoms with van der Waals surface area (Å²) in [5.74, 6) is 3.32. The number of piperazine rings is 1. The topological polar surface area (TPSA) is 56.8 Å². The zero-order valence-corrected chi connectivity index (χ0v) is 18.7. The van der Waals surface area contributed by atoms with Crippen LogP contribution in [0.2, 0.25) is 0 Å². The molecule has 0 saturated carbocycles. The lowest BCUT2D eigenvalue weighted by atomic mass is 10.2. The van der Waals surface area contributed by atoms with Crippen LogP contribution >= 0.6 is 0 Å². The second-order valence-electron chi connectivity index (χ2n) is 7.97. The van der Waals surface area contributed by atoms with Crippen molar-refractivity contribution in [3.8, 4) is 5.75 Å². The lowest BCUT2D eigenvalue weighted by Gasteiger charge is -2.36. The summed E-state index contributed by atoms with van der Waals surface area (Å²) in [7, 11) is 5.71. The van der Waals surface area contributed by atoms with E-state index in [0.717, 1.165) is 55.2 Å². The molecule has 0 spiro atoms. The highest BCUT2D eigenvalue weighted by Crippen LogP contribution is 2.26. The summed E-state index contributed by atoms with van der Waals surface area (Å²) in [6.07, 6.45) is 0. The number of methoxy groups -OCH3 is 1. The van der Waals surface area contributed by atoms with Gasteiger partial charge in [-0.25, -0.2) is 0 Å². The normalized spacial score (nSPS) is 13.8. The average Bonchev–Trinajstić information content (AvgIpc) is 2.80. The molecule has 0 aliphatic carbocycles. The van der Waals surface area contributed by atoms with Crippen molar-refractivity contribution in [3.05, 3.63) is 60.2 Å². The SMILES string of the molecule is COc1cccc(N2CCN(c3nc(Nc4ccc(C)cc4)cc(N(C)C)n3)CC2)c1. The molecule has 1 aliphatic heterocycles. The maximum atomic E-state index is 5.37. The Morgan fingerprint density at radius 3 is 2.29 bits per heavy atom. The number of hydrogen-bond donors (Lipinski definition) is 1. The predicted octanol–water partition coefficient (Wildman–Crippen LogP) is 3.93. The zero-order chi connectivity index (χ0) is 21.8. The van der Waals surface area contributed by atoms with Crippen molar-refractivity contribution in [2.45, 2.75) is 6.92 Å². The molecule has 0 radical (unpaired) electrons. The van der Waals surface area contributed by atoms with Gasteiger partial charge in [0.05, 0.1) is 7.11 Å². The van der Waals surface area contributed by atoms with Gasteiger partial charge >= 0.3 is 0 Å². The molecule has 1 aromatic heterocycles. The third-order valence-corrected chi connectivity index (χ3v) is 5.46. The molecule has 1 fully saturated rings. The van der Waals surface area contributed by atoms with Crippen molar-refractivity contribution >= 4 is 29.0 Å². The van der Waals surface area contributed by atoms with Gasteiger partial charge in [0.1, 0.15) is 17.4 Å². The van der Waals surface area contributed by atoms with Crippen LogP contribution in [0.25, 0.3) is 0 Å². The minimum absolute atomic E-state index is 0.756. The number of ether oxygens (including phenoxy) is 1. The number of aryl methyl sites for hydroxylation is 1. The second-order valence-corrected chi connectivity index (χ2v) is 7.97. The van der Waals surface area contributed by atoms with E-state index >= 15 is 0 Å². The number of aromatic nitrogens is 2. The van der Waals surface area contributed by atoms with E-state index in [4.69, 9.17) is 14.7 Å². The minimum atomic E-state index is 0.756. The fourth-order valence-electron chi connectivity index (χ4n) is 3.61. The smallest absolute Gasteiger partial charge is 0.229 e. The summed E-state index contributed by atoms with van der Waals surface area (Å²) in [5.41, 5.74) is 3.43. The van der Waals surface area contributed by atoms with Gasteiger partial charge in [0, 0.05) is 63.8 Å². The van der Waals surface area contributed by atoms with E-state index in [1.165, 1.54) is 11.3 Å². The summed E-state index contributed by atoms with van der Waals surface area (Å²) in [6.45, 7) is 5.62. The zero-order valence-electron chi connectivity index (χ0n) is 18.7. The van der Waals surface area contributed by atoms with Gasteiger partial charge in [0.25, 0.3) is 0 Å². The maximum absolute atomic E-state index is 5.37. The molecule has 4 rings (SSSR count). The van der Waals surface area contributed by atoms with E-state index in [9.17, 15) is 0 Å². The number of rotatable bonds is 6. The molecule has 31 heavy (non-hydrogen) atoms. The minimum Gasteiger partial charge on any atom is -0.497 e. The molecule has 2 aromatic carbocycles. The van der Waals surface area contributed by atoms with Gasteiger partial charge in [-0.05, 0) is 31.2 Å². The van der Waals surface area contributed by atoms with E-state index in [1.807, 2.05) is 37.2 Å². The van der Waals surface area contributed by atoms with Gasteiger partial charge in [-0.1, -0.05) is 23.8 Å². The molecule has 1 N–H and O–H groups in total. The Hall–Kier alpha value is -3.48. The molecule has 0 bridgehead atoms. The Morgan fingerprint density at radius 2 is 1.61 bits per heavy atom. The van der Waals surface area contributed by atoms with E-state index in [-0.39, 0.29) is 0 Å². The molecule has 1 aliphatic rings. The molecule has 162 valence electrons. The van der Waals surface area contributed by atoms with Gasteiger partial charge < -0.3 is 24.8 Å². The highest BCUT2D eigenvalue weighted by atomic mass is 16.5. The summed E-state index contributed by atoms with van der Waals surface area (Å²) in [4.78, 5) is 16.3. The number of nitrogens with zero attached hydrogens (tertiary/aromatic N) is 5. The fraction of sp³-hybridized carbons (Fsp3) is 0.333. The lowest BCUT2D eigenvalue weighted by Crippen LogP contribution is -2.47. The van der Waals surface area contributed by atoms with Crippen LogP contribution in [-0.4, -0.2) is 57.4 Å². The average molecular weight is 419 g/mol. The van der Waals surface area contributed by atoms with Crippen LogP contribution in [0.5, 0.6) is 5.75 Å². The van der Waals surface area contributed by atoms with Gasteiger partial charge in [-0.2, -0.15) is 9.97 Å². The highest BCUT2D eigenvalue weighted by molar-refractivity contribution is 5.62. The molecular formula is C24H30N6O. The first-order valence-electron chi connectivity index (χ1n) is 10.6. The predicted molar refractivity (Wildman–Crippen MR) is 128 cm³/mol. The van der Waals surface area contributed by atoms with Crippen LogP contribution in [0, 0.1) is 6.92 Å². The van der Waals surface area contributed by atoms with Gasteiger partial charge in [-0.3, -0.25) is 0 Å². The summed E-state index contributed by atoms with van der Waals surface area (Å²) < 4.78 is 5.37. The molecular weight excluding hydrogens is 388 g/mol. The van der Waals surface area contributed by atoms with Crippen molar-refractivity contribution in [3.63, 3.8) is 0 Å². The molecule has 7 heteroatoms. The monoisotopic (exact) mass is 418 g/mol. The van der Waals surface area contributed by atoms with Gasteiger partial charge in [-0.15, -0.1) is 0 Å². The van der Waals surface area contributed by atoms with E-state index in [0.29, 0.717) is 0 Å². The number of hydrogen-bond acceptors (Lipinski definition) is 7. The standard InChI is InChI=1S/C24H30N6O/c1-18-8-10-19(11-9-18)25-22-17-23(28(2)3)27-24(26-22)30-14-12-29(13-15-30)20-6-5-7-21(16-20)31-4/h5-11,16-17H,12-15H2,1-4H3,(H,25,26,27). The van der Waals surface area contributed by atoms with Crippen molar-refractivity contribution in [1.82, 2.24) is 9.97 Å². The fourth-order valence-corrected chi connectivity index (χ4v) is 3.61. The number of nitrogens with one attached hydrogen (secondary N) is 1. The van der Waals surface area contributed by atoms with Gasteiger partial charge in [0.2, 0.25) is 5.95 Å². The van der Waals surface area contributed by atoms with Crippen LogP contribution in [0.3, 0.4) is 0 Å². The Labute approximate surface area is 184 Å². The van der Waals surface area contributed by atoms with E-state index < -0.39 is 0 Å². The van der Waals surface area contributed by atoms with E-state index in [1.54, 1.807) is 7.11 Å². The molecule has 1 saturated heterocycles. The van der Waals surface area contributed by atoms with Crippen molar-refractivity contribution in [2.24, 2.45) is 0 Å². The lowest BCUT2D eigenvalue weighted by molar-refractivity contribution is 0.414. The first-order valence-corrected chi connectivity index (χ1v) is 10.6. The Morgan fingerprint density at radius 1 is 0.903 bits per heavy atom. The maximum Gasteiger partial charge on any atom is 0.229 e. The Bertz CT molecular complexity index is 1010. The third kappa shape index (κ3) is 4.99. The molecule has 0 atom stereocenters. The number of anilines is 5. The van der Waals surface area contributed by atoms with Crippen molar-refractivity contribution in [2.75, 3.05) is 67.4 Å². The Balaban J connectivity index is 1.51. The molecule has 0 amide bonds. The van der Waals surface area contributed by atoms with Crippen molar-refractivity contribution < 1.29 is 4.74 Å². The van der Waals surface area contributed by atoms with Crippen LogP contribution in [0.15, 0.2) is 54.6 Å². The Kier molecular flexibility index (Phi) is 6.11. The molecule has 7 nitrogen and oxygen atoms in total. The first-order chi connectivity index (χ1) is 15.0. The second kappa shape index (κ2) is 9.12.